The molecule has 0 nitrogen and oxygen atoms in total. The van der Waals surface area contributed by atoms with Gasteiger partial charge in [0.15, 0.2) is 0 Å². The minimum absolute atomic E-state index is 0.0799. The molecule has 1 atom stereocenters. The van der Waals surface area contributed by atoms with Crippen molar-refractivity contribution in [1.82, 2.24) is 0 Å². The average Bonchev–Trinajstić information content (AvgIpc) is 2.61. The van der Waals surface area contributed by atoms with Crippen LogP contribution >= 0.6 is 27.3 Å². The number of hydrogen-bond donors (Lipinski definition) is 0. The highest BCUT2D eigenvalue weighted by atomic mass is 79.9. The third-order valence-electron chi connectivity index (χ3n) is 2.80. The number of halogens is 2. The van der Waals surface area contributed by atoms with Crippen LogP contribution in [0.5, 0.6) is 0 Å². The third-order valence-corrected chi connectivity index (χ3v) is 5.31. The van der Waals surface area contributed by atoms with Gasteiger partial charge in [-0.2, -0.15) is 0 Å². The van der Waals surface area contributed by atoms with Crippen LogP contribution in [0.2, 0.25) is 0 Å². The number of rotatable bonds is 2. The number of benzene rings is 1. The first-order chi connectivity index (χ1) is 7.99. The van der Waals surface area contributed by atoms with Crippen molar-refractivity contribution in [2.75, 3.05) is 0 Å². The van der Waals surface area contributed by atoms with Crippen molar-refractivity contribution in [2.45, 2.75) is 25.6 Å². The van der Waals surface area contributed by atoms with Crippen LogP contribution in [0.25, 0.3) is 0 Å². The van der Waals surface area contributed by atoms with Crippen LogP contribution in [0.3, 0.4) is 0 Å². The standard InChI is InChI=1S/C14H14BrFS/c1-8-4-5-11(7-12(8)16)13(15)14-9(2)6-10(3)17-14/h4-7,13H,1-3H3. The van der Waals surface area contributed by atoms with Gasteiger partial charge in [-0.15, -0.1) is 11.3 Å². The van der Waals surface area contributed by atoms with Gasteiger partial charge in [-0.1, -0.05) is 28.1 Å². The van der Waals surface area contributed by atoms with Crippen LogP contribution in [0.1, 0.15) is 31.3 Å². The molecule has 0 N–H and O–H groups in total. The Hall–Kier alpha value is -0.670. The highest BCUT2D eigenvalue weighted by Gasteiger charge is 2.16. The quantitative estimate of drug-likeness (QED) is 0.660. The average molecular weight is 313 g/mol. The zero-order chi connectivity index (χ0) is 12.6. The predicted octanol–water partition coefficient (Wildman–Crippen LogP) is 5.30. The number of alkyl halides is 1. The van der Waals surface area contributed by atoms with Crippen LogP contribution in [0.4, 0.5) is 4.39 Å². The summed E-state index contributed by atoms with van der Waals surface area (Å²) in [4.78, 5) is 2.62. The molecule has 1 aromatic carbocycles. The lowest BCUT2D eigenvalue weighted by Gasteiger charge is -2.10. The lowest BCUT2D eigenvalue weighted by atomic mass is 10.1. The van der Waals surface area contributed by atoms with Gasteiger partial charge in [0, 0.05) is 9.75 Å². The van der Waals surface area contributed by atoms with Crippen molar-refractivity contribution in [2.24, 2.45) is 0 Å². The van der Waals surface area contributed by atoms with E-state index in [9.17, 15) is 4.39 Å². The van der Waals surface area contributed by atoms with Crippen LogP contribution in [-0.2, 0) is 0 Å². The highest BCUT2D eigenvalue weighted by molar-refractivity contribution is 9.09. The fourth-order valence-electron chi connectivity index (χ4n) is 1.83. The number of thiophene rings is 1. The zero-order valence-electron chi connectivity index (χ0n) is 10.1. The second-order valence-corrected chi connectivity index (χ2v) is 6.48. The molecule has 1 heterocycles. The number of aryl methyl sites for hydroxylation is 3. The van der Waals surface area contributed by atoms with Crippen molar-refractivity contribution >= 4 is 27.3 Å². The molecule has 0 saturated heterocycles. The summed E-state index contributed by atoms with van der Waals surface area (Å²) >= 11 is 5.42. The van der Waals surface area contributed by atoms with Crippen molar-refractivity contribution in [1.29, 1.82) is 0 Å². The lowest BCUT2D eigenvalue weighted by molar-refractivity contribution is 0.616. The Kier molecular flexibility index (Phi) is 3.69. The van der Waals surface area contributed by atoms with Gasteiger partial charge in [0.25, 0.3) is 0 Å². The van der Waals surface area contributed by atoms with Gasteiger partial charge >= 0.3 is 0 Å². The van der Waals surface area contributed by atoms with Crippen molar-refractivity contribution < 1.29 is 4.39 Å². The summed E-state index contributed by atoms with van der Waals surface area (Å²) in [7, 11) is 0. The lowest BCUT2D eigenvalue weighted by Crippen LogP contribution is -1.94. The smallest absolute Gasteiger partial charge is 0.126 e. The minimum atomic E-state index is -0.141. The van der Waals surface area contributed by atoms with Crippen molar-refractivity contribution in [3.8, 4) is 0 Å². The molecule has 1 unspecified atom stereocenters. The van der Waals surface area contributed by atoms with Gasteiger partial charge in [0.1, 0.15) is 5.82 Å². The largest absolute Gasteiger partial charge is 0.207 e. The Bertz CT molecular complexity index is 545. The Balaban J connectivity index is 2.40. The van der Waals surface area contributed by atoms with Gasteiger partial charge < -0.3 is 0 Å². The van der Waals surface area contributed by atoms with Crippen LogP contribution in [-0.4, -0.2) is 0 Å². The Morgan fingerprint density at radius 2 is 1.82 bits per heavy atom. The molecule has 2 rings (SSSR count). The van der Waals surface area contributed by atoms with E-state index in [2.05, 4.69) is 35.8 Å². The summed E-state index contributed by atoms with van der Waals surface area (Å²) in [5.41, 5.74) is 2.92. The fourth-order valence-corrected chi connectivity index (χ4v) is 3.80. The van der Waals surface area contributed by atoms with Gasteiger partial charge in [-0.25, -0.2) is 4.39 Å². The van der Waals surface area contributed by atoms with E-state index >= 15 is 0 Å². The normalized spacial score (nSPS) is 12.8. The molecule has 2 aromatic rings. The van der Waals surface area contributed by atoms with E-state index in [1.165, 1.54) is 15.3 Å². The van der Waals surface area contributed by atoms with Gasteiger partial charge in [0.05, 0.1) is 4.83 Å². The van der Waals surface area contributed by atoms with E-state index in [0.717, 1.165) is 5.56 Å². The van der Waals surface area contributed by atoms with Crippen molar-refractivity contribution in [3.63, 3.8) is 0 Å². The molecule has 0 radical (unpaired) electrons. The zero-order valence-corrected chi connectivity index (χ0v) is 12.5. The highest BCUT2D eigenvalue weighted by Crippen LogP contribution is 2.38. The maximum Gasteiger partial charge on any atom is 0.126 e. The van der Waals surface area contributed by atoms with Crippen LogP contribution in [0, 0.1) is 26.6 Å². The molecule has 0 aliphatic carbocycles. The third kappa shape index (κ3) is 2.61. The molecular weight excluding hydrogens is 299 g/mol. The SMILES string of the molecule is Cc1cc(C)c(C(Br)c2ccc(C)c(F)c2)s1. The van der Waals surface area contributed by atoms with E-state index in [-0.39, 0.29) is 10.6 Å². The topological polar surface area (TPSA) is 0 Å². The van der Waals surface area contributed by atoms with E-state index < -0.39 is 0 Å². The van der Waals surface area contributed by atoms with Gasteiger partial charge in [0.2, 0.25) is 0 Å². The first-order valence-corrected chi connectivity index (χ1v) is 7.19. The first-order valence-electron chi connectivity index (χ1n) is 5.46. The van der Waals surface area contributed by atoms with Crippen LogP contribution < -0.4 is 0 Å². The summed E-state index contributed by atoms with van der Waals surface area (Å²) in [6.07, 6.45) is 0. The maximum atomic E-state index is 13.5. The fraction of sp³-hybridized carbons (Fsp3) is 0.286. The van der Waals surface area contributed by atoms with Gasteiger partial charge in [-0.3, -0.25) is 0 Å². The van der Waals surface area contributed by atoms with Gasteiger partial charge in [-0.05, 0) is 49.6 Å². The Labute approximate surface area is 114 Å². The van der Waals surface area contributed by atoms with Crippen molar-refractivity contribution in [3.05, 3.63) is 56.5 Å². The molecule has 1 aromatic heterocycles. The first kappa shape index (κ1) is 12.8. The molecule has 3 heteroatoms. The number of hydrogen-bond acceptors (Lipinski definition) is 1. The second-order valence-electron chi connectivity index (χ2n) is 4.28. The van der Waals surface area contributed by atoms with E-state index in [1.54, 1.807) is 24.3 Å². The molecular formula is C14H14BrFS. The Morgan fingerprint density at radius 1 is 1.12 bits per heavy atom. The minimum Gasteiger partial charge on any atom is -0.207 e. The Morgan fingerprint density at radius 3 is 2.35 bits per heavy atom. The molecule has 0 aliphatic rings. The van der Waals surface area contributed by atoms with E-state index in [1.807, 2.05) is 12.1 Å². The summed E-state index contributed by atoms with van der Waals surface area (Å²) in [5.74, 6) is -0.141. The molecule has 17 heavy (non-hydrogen) atoms. The summed E-state index contributed by atoms with van der Waals surface area (Å²) in [6, 6.07) is 7.59. The molecule has 0 saturated carbocycles. The molecule has 0 fully saturated rings. The van der Waals surface area contributed by atoms with E-state index in [4.69, 9.17) is 0 Å². The molecule has 90 valence electrons. The van der Waals surface area contributed by atoms with Crippen LogP contribution in [0.15, 0.2) is 24.3 Å². The second kappa shape index (κ2) is 4.91. The molecule has 0 amide bonds. The van der Waals surface area contributed by atoms with E-state index in [0.29, 0.717) is 5.56 Å². The summed E-state index contributed by atoms with van der Waals surface area (Å²) < 4.78 is 13.5. The molecule has 0 spiro atoms. The summed E-state index contributed by atoms with van der Waals surface area (Å²) in [5, 5.41) is 0. The molecule has 0 aliphatic heterocycles. The molecule has 0 bridgehead atoms. The monoisotopic (exact) mass is 312 g/mol. The predicted molar refractivity (Wildman–Crippen MR) is 75.7 cm³/mol. The maximum absolute atomic E-state index is 13.5. The summed E-state index contributed by atoms with van der Waals surface area (Å²) in [6.45, 7) is 5.97.